The van der Waals surface area contributed by atoms with Crippen molar-refractivity contribution in [2.75, 3.05) is 12.4 Å². The maximum absolute atomic E-state index is 12.4. The molecule has 27 heavy (non-hydrogen) atoms. The molecule has 9 heteroatoms. The van der Waals surface area contributed by atoms with E-state index in [4.69, 9.17) is 20.8 Å². The van der Waals surface area contributed by atoms with Crippen molar-refractivity contribution in [1.82, 2.24) is 9.97 Å². The van der Waals surface area contributed by atoms with Gasteiger partial charge in [0.1, 0.15) is 22.7 Å². The lowest BCUT2D eigenvalue weighted by molar-refractivity contribution is 0.102. The summed E-state index contributed by atoms with van der Waals surface area (Å²) in [5.41, 5.74) is 2.73. The molecule has 0 aliphatic heterocycles. The number of halogens is 1. The van der Waals surface area contributed by atoms with Crippen LogP contribution in [0.25, 0.3) is 21.8 Å². The molecule has 0 radical (unpaired) electrons. The fourth-order valence-corrected chi connectivity index (χ4v) is 4.11. The van der Waals surface area contributed by atoms with Crippen LogP contribution in [-0.2, 0) is 0 Å². The Morgan fingerprint density at radius 2 is 2.07 bits per heavy atom. The lowest BCUT2D eigenvalue weighted by atomic mass is 10.2. The summed E-state index contributed by atoms with van der Waals surface area (Å²) in [6, 6.07) is 7.22. The minimum absolute atomic E-state index is 0.311. The number of ether oxygens (including phenoxy) is 1. The van der Waals surface area contributed by atoms with Crippen LogP contribution in [0, 0.1) is 0 Å². The Bertz CT molecular complexity index is 1090. The van der Waals surface area contributed by atoms with E-state index in [1.807, 2.05) is 11.4 Å². The number of nitrogens with zero attached hydrogens (tertiary/aromatic N) is 2. The van der Waals surface area contributed by atoms with E-state index in [1.165, 1.54) is 22.7 Å². The van der Waals surface area contributed by atoms with E-state index < -0.39 is 0 Å². The highest BCUT2D eigenvalue weighted by Gasteiger charge is 2.15. The summed E-state index contributed by atoms with van der Waals surface area (Å²) in [5, 5.41) is 8.04. The smallest absolute Gasteiger partial charge is 0.276 e. The first kappa shape index (κ1) is 17.7. The van der Waals surface area contributed by atoms with Crippen molar-refractivity contribution in [3.63, 3.8) is 0 Å². The van der Waals surface area contributed by atoms with Crippen LogP contribution in [0.2, 0.25) is 5.02 Å². The number of rotatable bonds is 5. The molecule has 1 amide bonds. The van der Waals surface area contributed by atoms with Crippen molar-refractivity contribution in [1.29, 1.82) is 0 Å². The summed E-state index contributed by atoms with van der Waals surface area (Å²) in [6.45, 7) is 0. The largest absolute Gasteiger partial charge is 0.495 e. The van der Waals surface area contributed by atoms with Gasteiger partial charge in [0.25, 0.3) is 5.91 Å². The number of anilines is 1. The number of furan rings is 1. The monoisotopic (exact) mass is 417 g/mol. The van der Waals surface area contributed by atoms with E-state index in [-0.39, 0.29) is 5.91 Å². The van der Waals surface area contributed by atoms with Gasteiger partial charge >= 0.3 is 0 Å². The predicted molar refractivity (Wildman–Crippen MR) is 107 cm³/mol. The fourth-order valence-electron chi connectivity index (χ4n) is 2.35. The number of hydrogen-bond donors (Lipinski definition) is 1. The zero-order valence-corrected chi connectivity index (χ0v) is 16.3. The third-order valence-electron chi connectivity index (χ3n) is 3.68. The molecule has 3 aromatic heterocycles. The fraction of sp³-hybridized carbons (Fsp3) is 0.0556. The number of amides is 1. The Balaban J connectivity index is 1.49. The summed E-state index contributed by atoms with van der Waals surface area (Å²) >= 11 is 8.87. The van der Waals surface area contributed by atoms with E-state index in [9.17, 15) is 4.79 Å². The van der Waals surface area contributed by atoms with Gasteiger partial charge in [-0.25, -0.2) is 9.97 Å². The maximum Gasteiger partial charge on any atom is 0.276 e. The molecule has 4 rings (SSSR count). The van der Waals surface area contributed by atoms with Crippen LogP contribution in [0.1, 0.15) is 10.5 Å². The van der Waals surface area contributed by atoms with Crippen LogP contribution in [0.15, 0.2) is 52.0 Å². The van der Waals surface area contributed by atoms with E-state index in [0.717, 1.165) is 21.8 Å². The van der Waals surface area contributed by atoms with Crippen LogP contribution in [0.3, 0.4) is 0 Å². The highest BCUT2D eigenvalue weighted by atomic mass is 35.5. The molecule has 136 valence electrons. The minimum atomic E-state index is -0.311. The van der Waals surface area contributed by atoms with E-state index in [2.05, 4.69) is 15.3 Å². The standard InChI is InChI=1S/C18H12ClN3O3S2/c1-24-15-3-2-10(6-12(15)19)13-8-27-18(21-13)22-16(23)14-9-26-17(20-14)11-4-5-25-7-11/h2-9H,1H3,(H,21,22,23). The summed E-state index contributed by atoms with van der Waals surface area (Å²) < 4.78 is 10.2. The quantitative estimate of drug-likeness (QED) is 0.467. The van der Waals surface area contributed by atoms with Gasteiger partial charge in [0.15, 0.2) is 5.13 Å². The van der Waals surface area contributed by atoms with E-state index in [1.54, 1.807) is 43.2 Å². The highest BCUT2D eigenvalue weighted by Crippen LogP contribution is 2.32. The number of carbonyl (C=O) groups excluding carboxylic acids is 1. The second-order valence-electron chi connectivity index (χ2n) is 5.39. The first-order valence-corrected chi connectivity index (χ1v) is 9.86. The molecule has 0 unspecified atom stereocenters. The zero-order chi connectivity index (χ0) is 18.8. The van der Waals surface area contributed by atoms with Gasteiger partial charge in [-0.15, -0.1) is 22.7 Å². The number of carbonyl (C=O) groups is 1. The topological polar surface area (TPSA) is 77.2 Å². The molecule has 0 spiro atoms. The molecule has 1 aromatic carbocycles. The normalized spacial score (nSPS) is 10.7. The van der Waals surface area contributed by atoms with Crippen LogP contribution < -0.4 is 10.1 Å². The van der Waals surface area contributed by atoms with Gasteiger partial charge in [-0.1, -0.05) is 11.6 Å². The lowest BCUT2D eigenvalue weighted by Gasteiger charge is -2.04. The Kier molecular flexibility index (Phi) is 4.93. The van der Waals surface area contributed by atoms with Crippen molar-refractivity contribution in [2.45, 2.75) is 0 Å². The van der Waals surface area contributed by atoms with Crippen LogP contribution >= 0.6 is 34.3 Å². The Hall–Kier alpha value is -2.68. The molecule has 0 saturated carbocycles. The molecular formula is C18H12ClN3O3S2. The molecule has 0 atom stereocenters. The molecule has 6 nitrogen and oxygen atoms in total. The van der Waals surface area contributed by atoms with Crippen LogP contribution in [0.4, 0.5) is 5.13 Å². The average molecular weight is 418 g/mol. The van der Waals surface area contributed by atoms with Crippen molar-refractivity contribution >= 4 is 45.3 Å². The van der Waals surface area contributed by atoms with E-state index in [0.29, 0.717) is 21.6 Å². The molecule has 0 aliphatic rings. The molecular weight excluding hydrogens is 406 g/mol. The first-order chi connectivity index (χ1) is 13.1. The number of hydrogen-bond acceptors (Lipinski definition) is 7. The zero-order valence-electron chi connectivity index (χ0n) is 13.9. The molecule has 4 aromatic rings. The van der Waals surface area contributed by atoms with Gasteiger partial charge in [0.2, 0.25) is 0 Å². The highest BCUT2D eigenvalue weighted by molar-refractivity contribution is 7.14. The number of aromatic nitrogens is 2. The van der Waals surface area contributed by atoms with Crippen molar-refractivity contribution in [3.05, 3.63) is 58.3 Å². The Morgan fingerprint density at radius 3 is 2.81 bits per heavy atom. The molecule has 0 bridgehead atoms. The van der Waals surface area contributed by atoms with Crippen molar-refractivity contribution in [2.24, 2.45) is 0 Å². The Labute approximate surface area is 167 Å². The summed E-state index contributed by atoms with van der Waals surface area (Å²) in [4.78, 5) is 21.2. The van der Waals surface area contributed by atoms with Gasteiger partial charge in [-0.05, 0) is 24.3 Å². The number of benzene rings is 1. The first-order valence-electron chi connectivity index (χ1n) is 7.73. The third-order valence-corrected chi connectivity index (χ3v) is 5.62. The van der Waals surface area contributed by atoms with Gasteiger partial charge in [-0.3, -0.25) is 10.1 Å². The second-order valence-corrected chi connectivity index (χ2v) is 7.51. The SMILES string of the molecule is COc1ccc(-c2csc(NC(=O)c3csc(-c4ccoc4)n3)n2)cc1Cl. The summed E-state index contributed by atoms with van der Waals surface area (Å²) in [5.74, 6) is 0.288. The van der Waals surface area contributed by atoms with Gasteiger partial charge < -0.3 is 9.15 Å². The average Bonchev–Trinajstić information content (AvgIpc) is 3.42. The van der Waals surface area contributed by atoms with Gasteiger partial charge in [0, 0.05) is 21.9 Å². The van der Waals surface area contributed by atoms with Crippen molar-refractivity contribution < 1.29 is 13.9 Å². The summed E-state index contributed by atoms with van der Waals surface area (Å²) in [7, 11) is 1.56. The molecule has 0 fully saturated rings. The number of nitrogens with one attached hydrogen (secondary N) is 1. The van der Waals surface area contributed by atoms with Gasteiger partial charge in [0.05, 0.1) is 24.1 Å². The van der Waals surface area contributed by atoms with Crippen molar-refractivity contribution in [3.8, 4) is 27.6 Å². The van der Waals surface area contributed by atoms with Crippen LogP contribution in [0.5, 0.6) is 5.75 Å². The Morgan fingerprint density at radius 1 is 1.19 bits per heavy atom. The lowest BCUT2D eigenvalue weighted by Crippen LogP contribution is -2.12. The molecule has 0 saturated heterocycles. The third kappa shape index (κ3) is 3.73. The minimum Gasteiger partial charge on any atom is -0.495 e. The predicted octanol–water partition coefficient (Wildman–Crippen LogP) is 5.44. The molecule has 3 heterocycles. The molecule has 0 aliphatic carbocycles. The second kappa shape index (κ2) is 7.51. The number of methoxy groups -OCH3 is 1. The van der Waals surface area contributed by atoms with E-state index >= 15 is 0 Å². The summed E-state index contributed by atoms with van der Waals surface area (Å²) in [6.07, 6.45) is 3.16. The van der Waals surface area contributed by atoms with Gasteiger partial charge in [-0.2, -0.15) is 0 Å². The number of thiazole rings is 2. The molecule has 1 N–H and O–H groups in total. The van der Waals surface area contributed by atoms with Crippen LogP contribution in [-0.4, -0.2) is 23.0 Å². The maximum atomic E-state index is 12.4.